The van der Waals surface area contributed by atoms with Crippen LogP contribution < -0.4 is 0 Å². The first-order chi connectivity index (χ1) is 7.00. The van der Waals surface area contributed by atoms with Gasteiger partial charge in [0.25, 0.3) is 10.0 Å². The smallest absolute Gasteiger partial charge is 0.206 e. The highest BCUT2D eigenvalue weighted by molar-refractivity contribution is 7.89. The van der Waals surface area contributed by atoms with Gasteiger partial charge in [0.1, 0.15) is 6.54 Å². The molecule has 0 aromatic carbocycles. The van der Waals surface area contributed by atoms with Crippen molar-refractivity contribution in [3.8, 4) is 6.07 Å². The summed E-state index contributed by atoms with van der Waals surface area (Å²) >= 11 is 0. The van der Waals surface area contributed by atoms with Gasteiger partial charge in [0.05, 0.1) is 6.07 Å². The monoisotopic (exact) mass is 238 g/mol. The number of rotatable bonds is 4. The minimum Gasteiger partial charge on any atom is -0.206 e. The molecule has 0 bridgehead atoms. The van der Waals surface area contributed by atoms with Gasteiger partial charge in [-0.15, -0.1) is 0 Å². The highest BCUT2D eigenvalue weighted by atomic mass is 32.2. The van der Waals surface area contributed by atoms with Crippen LogP contribution in [0.3, 0.4) is 0 Å². The molecule has 15 heavy (non-hydrogen) atoms. The summed E-state index contributed by atoms with van der Waals surface area (Å²) in [5, 5.41) is 8.44. The molecule has 86 valence electrons. The predicted octanol–water partition coefficient (Wildman–Crippen LogP) is 1.31. The van der Waals surface area contributed by atoms with Crippen LogP contribution in [0.5, 0.6) is 0 Å². The fraction of sp³-hybridized carbons (Fsp3) is 0.875. The lowest BCUT2D eigenvalue weighted by molar-refractivity contribution is 0.212. The molecule has 1 saturated carbocycles. The second-order valence-corrected chi connectivity index (χ2v) is 5.30. The number of nitriles is 1. The number of hydrogen-bond donors (Lipinski definition) is 0. The van der Waals surface area contributed by atoms with Crippen molar-refractivity contribution >= 4 is 10.0 Å². The maximum Gasteiger partial charge on any atom is 0.350 e. The second kappa shape index (κ2) is 4.86. The second-order valence-electron chi connectivity index (χ2n) is 3.45. The molecule has 0 heterocycles. The number of halogens is 2. The molecule has 0 radical (unpaired) electrons. The summed E-state index contributed by atoms with van der Waals surface area (Å²) in [6.07, 6.45) is 2.78. The molecular weight excluding hydrogens is 226 g/mol. The lowest BCUT2D eigenvalue weighted by atomic mass is 10.2. The van der Waals surface area contributed by atoms with Crippen LogP contribution in [0.1, 0.15) is 25.7 Å². The van der Waals surface area contributed by atoms with E-state index in [4.69, 9.17) is 5.26 Å². The van der Waals surface area contributed by atoms with Gasteiger partial charge in [-0.2, -0.15) is 18.3 Å². The lowest BCUT2D eigenvalue weighted by Crippen LogP contribution is -2.42. The van der Waals surface area contributed by atoms with E-state index in [9.17, 15) is 17.2 Å². The Morgan fingerprint density at radius 1 is 1.40 bits per heavy atom. The lowest BCUT2D eigenvalue weighted by Gasteiger charge is -2.24. The topological polar surface area (TPSA) is 61.2 Å². The van der Waals surface area contributed by atoms with Crippen LogP contribution >= 0.6 is 0 Å². The summed E-state index contributed by atoms with van der Waals surface area (Å²) in [5.74, 6) is -3.44. The van der Waals surface area contributed by atoms with E-state index in [1.807, 2.05) is 0 Å². The summed E-state index contributed by atoms with van der Waals surface area (Å²) in [6.45, 7) is -0.489. The molecule has 0 N–H and O–H groups in total. The van der Waals surface area contributed by atoms with Crippen molar-refractivity contribution in [1.29, 1.82) is 5.26 Å². The summed E-state index contributed by atoms with van der Waals surface area (Å²) in [7, 11) is -4.61. The maximum atomic E-state index is 12.3. The van der Waals surface area contributed by atoms with E-state index in [1.165, 1.54) is 0 Å². The Morgan fingerprint density at radius 2 is 1.93 bits per heavy atom. The third-order valence-corrected chi connectivity index (χ3v) is 4.04. The Kier molecular flexibility index (Phi) is 3.99. The van der Waals surface area contributed by atoms with Crippen molar-refractivity contribution in [2.45, 2.75) is 37.5 Å². The standard InChI is InChI=1S/C8H12F2N2O2S/c9-8(10)15(13,14)12(6-5-11)7-3-1-2-4-7/h7-8H,1-4,6H2. The zero-order chi connectivity index (χ0) is 11.5. The van der Waals surface area contributed by atoms with Crippen molar-refractivity contribution in [2.24, 2.45) is 0 Å². The van der Waals surface area contributed by atoms with Crippen LogP contribution in [0, 0.1) is 11.3 Å². The normalized spacial score (nSPS) is 18.6. The number of alkyl halides is 2. The molecule has 1 aliphatic carbocycles. The molecule has 0 amide bonds. The van der Waals surface area contributed by atoms with E-state index in [0.29, 0.717) is 17.1 Å². The Hall–Kier alpha value is -0.740. The quantitative estimate of drug-likeness (QED) is 0.694. The van der Waals surface area contributed by atoms with E-state index in [-0.39, 0.29) is 0 Å². The maximum absolute atomic E-state index is 12.3. The molecule has 7 heteroatoms. The molecule has 1 aliphatic rings. The average molecular weight is 238 g/mol. The van der Waals surface area contributed by atoms with E-state index in [0.717, 1.165) is 12.8 Å². The zero-order valence-electron chi connectivity index (χ0n) is 8.07. The first-order valence-electron chi connectivity index (χ1n) is 4.66. The Morgan fingerprint density at radius 3 is 2.33 bits per heavy atom. The Balaban J connectivity index is 2.87. The number of hydrogen-bond acceptors (Lipinski definition) is 3. The molecule has 0 aliphatic heterocycles. The fourth-order valence-corrected chi connectivity index (χ4v) is 2.86. The molecule has 1 fully saturated rings. The molecule has 0 aromatic heterocycles. The van der Waals surface area contributed by atoms with Gasteiger partial charge < -0.3 is 0 Å². The number of nitrogens with zero attached hydrogens (tertiary/aromatic N) is 2. The highest BCUT2D eigenvalue weighted by Gasteiger charge is 2.37. The van der Waals surface area contributed by atoms with Gasteiger partial charge in [0.2, 0.25) is 0 Å². The minimum atomic E-state index is -4.61. The van der Waals surface area contributed by atoms with Crippen molar-refractivity contribution in [3.05, 3.63) is 0 Å². The van der Waals surface area contributed by atoms with Gasteiger partial charge in [-0.05, 0) is 12.8 Å². The summed E-state index contributed by atoms with van der Waals surface area (Å²) in [4.78, 5) is 0. The summed E-state index contributed by atoms with van der Waals surface area (Å²) in [6, 6.07) is 1.19. The fourth-order valence-electron chi connectivity index (χ4n) is 1.79. The van der Waals surface area contributed by atoms with Crippen molar-refractivity contribution in [2.75, 3.05) is 6.54 Å². The molecule has 0 unspecified atom stereocenters. The van der Waals surface area contributed by atoms with Gasteiger partial charge in [0, 0.05) is 6.04 Å². The first kappa shape index (κ1) is 12.3. The Labute approximate surface area is 87.5 Å². The van der Waals surface area contributed by atoms with E-state index >= 15 is 0 Å². The van der Waals surface area contributed by atoms with Crippen molar-refractivity contribution < 1.29 is 17.2 Å². The van der Waals surface area contributed by atoms with Crippen LogP contribution in [0.2, 0.25) is 0 Å². The third-order valence-electron chi connectivity index (χ3n) is 2.51. The van der Waals surface area contributed by atoms with Gasteiger partial charge in [-0.3, -0.25) is 0 Å². The molecule has 4 nitrogen and oxygen atoms in total. The van der Waals surface area contributed by atoms with E-state index in [2.05, 4.69) is 0 Å². The summed E-state index contributed by atoms with van der Waals surface area (Å²) in [5.41, 5.74) is 0. The first-order valence-corrected chi connectivity index (χ1v) is 6.16. The molecule has 0 aromatic rings. The van der Waals surface area contributed by atoms with Crippen LogP contribution in [0.4, 0.5) is 8.78 Å². The predicted molar refractivity (Wildman–Crippen MR) is 49.5 cm³/mol. The minimum absolute atomic E-state index is 0.427. The molecule has 1 rings (SSSR count). The van der Waals surface area contributed by atoms with Crippen molar-refractivity contribution in [3.63, 3.8) is 0 Å². The molecule has 0 saturated heterocycles. The van der Waals surface area contributed by atoms with Crippen molar-refractivity contribution in [1.82, 2.24) is 4.31 Å². The van der Waals surface area contributed by atoms with Gasteiger partial charge in [-0.1, -0.05) is 12.8 Å². The largest absolute Gasteiger partial charge is 0.350 e. The Bertz CT molecular complexity index is 344. The SMILES string of the molecule is N#CCN(C1CCCC1)S(=O)(=O)C(F)F. The molecule has 0 atom stereocenters. The highest BCUT2D eigenvalue weighted by Crippen LogP contribution is 2.27. The van der Waals surface area contributed by atoms with Crippen LogP contribution in [0.15, 0.2) is 0 Å². The van der Waals surface area contributed by atoms with Crippen LogP contribution in [-0.4, -0.2) is 31.1 Å². The van der Waals surface area contributed by atoms with Gasteiger partial charge in [-0.25, -0.2) is 8.42 Å². The van der Waals surface area contributed by atoms with Crippen LogP contribution in [0.25, 0.3) is 0 Å². The van der Waals surface area contributed by atoms with E-state index < -0.39 is 28.4 Å². The molecule has 0 spiro atoms. The number of sulfonamides is 1. The van der Waals surface area contributed by atoms with E-state index in [1.54, 1.807) is 6.07 Å². The van der Waals surface area contributed by atoms with Crippen LogP contribution in [-0.2, 0) is 10.0 Å². The summed E-state index contributed by atoms with van der Waals surface area (Å²) < 4.78 is 47.7. The average Bonchev–Trinajstić information content (AvgIpc) is 2.66. The van der Waals surface area contributed by atoms with Gasteiger partial charge >= 0.3 is 5.76 Å². The molecular formula is C8H12F2N2O2S. The van der Waals surface area contributed by atoms with Gasteiger partial charge in [0.15, 0.2) is 0 Å². The zero-order valence-corrected chi connectivity index (χ0v) is 8.88. The third kappa shape index (κ3) is 2.63.